The van der Waals surface area contributed by atoms with Crippen LogP contribution in [0.15, 0.2) is 0 Å². The van der Waals surface area contributed by atoms with Gasteiger partial charge in [0.05, 0.1) is 6.54 Å². The molecule has 0 unspecified atom stereocenters. The number of rotatable bonds is 7. The highest BCUT2D eigenvalue weighted by Gasteiger charge is 2.17. The van der Waals surface area contributed by atoms with Gasteiger partial charge < -0.3 is 14.8 Å². The van der Waals surface area contributed by atoms with E-state index in [1.807, 2.05) is 18.5 Å². The Morgan fingerprint density at radius 1 is 1.25 bits per heavy atom. The van der Waals surface area contributed by atoms with Crippen LogP contribution in [0.1, 0.15) is 50.2 Å². The summed E-state index contributed by atoms with van der Waals surface area (Å²) in [5.74, 6) is 1.99. The number of hydrogen-bond acceptors (Lipinski definition) is 4. The number of aromatic nitrogens is 3. The number of hydrogen-bond donors (Lipinski definition) is 1. The minimum atomic E-state index is 0.810. The van der Waals surface area contributed by atoms with Crippen LogP contribution >= 0.6 is 0 Å². The van der Waals surface area contributed by atoms with E-state index in [-0.39, 0.29) is 0 Å². The molecule has 1 heterocycles. The van der Waals surface area contributed by atoms with E-state index in [0.717, 1.165) is 30.8 Å². The highest BCUT2D eigenvalue weighted by molar-refractivity contribution is 4.91. The molecular formula is C15H29N5. The lowest BCUT2D eigenvalue weighted by molar-refractivity contribution is 0.189. The zero-order valence-electron chi connectivity index (χ0n) is 13.2. The standard InChI is InChI=1S/C15H29N5/c1-13-17-18-15(20(13)3)12-16-10-7-11-19(2)14-8-5-4-6-9-14/h14,16H,4-12H2,1-3H3. The normalized spacial score (nSPS) is 17.0. The second kappa shape index (κ2) is 7.74. The molecule has 5 heteroatoms. The second-order valence-corrected chi connectivity index (χ2v) is 6.03. The first-order valence-electron chi connectivity index (χ1n) is 7.94. The summed E-state index contributed by atoms with van der Waals surface area (Å²) in [5, 5.41) is 11.7. The van der Waals surface area contributed by atoms with Gasteiger partial charge in [0.25, 0.3) is 0 Å². The van der Waals surface area contributed by atoms with E-state index in [9.17, 15) is 0 Å². The second-order valence-electron chi connectivity index (χ2n) is 6.03. The minimum Gasteiger partial charge on any atom is -0.317 e. The molecule has 1 N–H and O–H groups in total. The first-order valence-corrected chi connectivity index (χ1v) is 7.94. The Bertz CT molecular complexity index is 395. The molecule has 0 spiro atoms. The summed E-state index contributed by atoms with van der Waals surface area (Å²) in [6.07, 6.45) is 8.24. The van der Waals surface area contributed by atoms with Crippen molar-refractivity contribution in [2.45, 2.75) is 58.0 Å². The first-order chi connectivity index (χ1) is 9.68. The Hall–Kier alpha value is -0.940. The van der Waals surface area contributed by atoms with E-state index < -0.39 is 0 Å². The molecule has 0 aliphatic heterocycles. The van der Waals surface area contributed by atoms with Gasteiger partial charge in [-0.3, -0.25) is 0 Å². The van der Waals surface area contributed by atoms with Gasteiger partial charge in [-0.15, -0.1) is 10.2 Å². The summed E-state index contributed by atoms with van der Waals surface area (Å²) in [5.41, 5.74) is 0. The summed E-state index contributed by atoms with van der Waals surface area (Å²) in [7, 11) is 4.30. The van der Waals surface area contributed by atoms with Crippen molar-refractivity contribution in [3.63, 3.8) is 0 Å². The molecular weight excluding hydrogens is 250 g/mol. The summed E-state index contributed by atoms with van der Waals surface area (Å²) < 4.78 is 2.04. The third-order valence-corrected chi connectivity index (χ3v) is 4.53. The van der Waals surface area contributed by atoms with Gasteiger partial charge >= 0.3 is 0 Å². The molecule has 1 aromatic rings. The lowest BCUT2D eigenvalue weighted by Crippen LogP contribution is -2.35. The summed E-state index contributed by atoms with van der Waals surface area (Å²) in [6, 6.07) is 0.824. The highest BCUT2D eigenvalue weighted by atomic mass is 15.3. The van der Waals surface area contributed by atoms with Crippen molar-refractivity contribution in [2.24, 2.45) is 7.05 Å². The van der Waals surface area contributed by atoms with Gasteiger partial charge in [-0.05, 0) is 46.3 Å². The molecule has 114 valence electrons. The predicted molar refractivity (Wildman–Crippen MR) is 81.6 cm³/mol. The van der Waals surface area contributed by atoms with Crippen molar-refractivity contribution in [2.75, 3.05) is 20.1 Å². The van der Waals surface area contributed by atoms with Gasteiger partial charge in [-0.2, -0.15) is 0 Å². The molecule has 0 saturated heterocycles. The average molecular weight is 279 g/mol. The lowest BCUT2D eigenvalue weighted by Gasteiger charge is -2.31. The fourth-order valence-corrected chi connectivity index (χ4v) is 2.96. The van der Waals surface area contributed by atoms with Crippen LogP contribution in [0.3, 0.4) is 0 Å². The monoisotopic (exact) mass is 279 g/mol. The van der Waals surface area contributed by atoms with Crippen molar-refractivity contribution in [1.29, 1.82) is 0 Å². The van der Waals surface area contributed by atoms with Gasteiger partial charge in [0.1, 0.15) is 11.6 Å². The first kappa shape index (κ1) is 15.4. The Labute approximate surface area is 122 Å². The fraction of sp³-hybridized carbons (Fsp3) is 0.867. The molecule has 1 aromatic heterocycles. The Morgan fingerprint density at radius 3 is 2.65 bits per heavy atom. The van der Waals surface area contributed by atoms with E-state index in [1.54, 1.807) is 0 Å². The summed E-state index contributed by atoms with van der Waals surface area (Å²) in [4.78, 5) is 2.55. The van der Waals surface area contributed by atoms with Crippen LogP contribution in [0.4, 0.5) is 0 Å². The molecule has 0 bridgehead atoms. The quantitative estimate of drug-likeness (QED) is 0.774. The van der Waals surface area contributed by atoms with Gasteiger partial charge in [0, 0.05) is 13.1 Å². The number of aryl methyl sites for hydroxylation is 1. The Balaban J connectivity index is 1.58. The predicted octanol–water partition coefficient (Wildman–Crippen LogP) is 1.87. The summed E-state index contributed by atoms with van der Waals surface area (Å²) >= 11 is 0. The van der Waals surface area contributed by atoms with Crippen molar-refractivity contribution >= 4 is 0 Å². The van der Waals surface area contributed by atoms with E-state index in [0.29, 0.717) is 0 Å². The lowest BCUT2D eigenvalue weighted by atomic mass is 9.94. The molecule has 1 aliphatic carbocycles. The molecule has 20 heavy (non-hydrogen) atoms. The largest absolute Gasteiger partial charge is 0.317 e. The van der Waals surface area contributed by atoms with Crippen molar-refractivity contribution in [3.05, 3.63) is 11.6 Å². The smallest absolute Gasteiger partial charge is 0.146 e. The van der Waals surface area contributed by atoms with Crippen LogP contribution in [0.25, 0.3) is 0 Å². The molecule has 2 rings (SSSR count). The van der Waals surface area contributed by atoms with Crippen LogP contribution in [-0.4, -0.2) is 45.8 Å². The van der Waals surface area contributed by atoms with Crippen LogP contribution < -0.4 is 5.32 Å². The van der Waals surface area contributed by atoms with Crippen LogP contribution in [-0.2, 0) is 13.6 Å². The third-order valence-electron chi connectivity index (χ3n) is 4.53. The van der Waals surface area contributed by atoms with E-state index in [2.05, 4.69) is 27.5 Å². The fourth-order valence-electron chi connectivity index (χ4n) is 2.96. The maximum absolute atomic E-state index is 4.16. The zero-order chi connectivity index (χ0) is 14.4. The Kier molecular flexibility index (Phi) is 5.98. The van der Waals surface area contributed by atoms with Gasteiger partial charge in [-0.1, -0.05) is 19.3 Å². The third kappa shape index (κ3) is 4.28. The van der Waals surface area contributed by atoms with Crippen molar-refractivity contribution < 1.29 is 0 Å². The van der Waals surface area contributed by atoms with Crippen LogP contribution in [0, 0.1) is 6.92 Å². The minimum absolute atomic E-state index is 0.810. The highest BCUT2D eigenvalue weighted by Crippen LogP contribution is 2.21. The van der Waals surface area contributed by atoms with Gasteiger partial charge in [0.15, 0.2) is 0 Å². The molecule has 1 saturated carbocycles. The Morgan fingerprint density at radius 2 is 2.00 bits per heavy atom. The number of nitrogens with one attached hydrogen (secondary N) is 1. The molecule has 0 radical (unpaired) electrons. The van der Waals surface area contributed by atoms with Gasteiger partial charge in [-0.25, -0.2) is 0 Å². The molecule has 0 aromatic carbocycles. The van der Waals surface area contributed by atoms with E-state index in [1.165, 1.54) is 45.1 Å². The molecule has 1 aliphatic rings. The maximum atomic E-state index is 4.16. The van der Waals surface area contributed by atoms with Gasteiger partial charge in [0.2, 0.25) is 0 Å². The molecule has 1 fully saturated rings. The SMILES string of the molecule is Cc1nnc(CNCCCN(C)C2CCCCC2)n1C. The average Bonchev–Trinajstić information content (AvgIpc) is 2.79. The zero-order valence-corrected chi connectivity index (χ0v) is 13.2. The van der Waals surface area contributed by atoms with Crippen molar-refractivity contribution in [1.82, 2.24) is 25.0 Å². The van der Waals surface area contributed by atoms with Crippen LogP contribution in [0.5, 0.6) is 0 Å². The molecule has 0 atom stereocenters. The van der Waals surface area contributed by atoms with Crippen molar-refractivity contribution in [3.8, 4) is 0 Å². The molecule has 0 amide bonds. The van der Waals surface area contributed by atoms with E-state index >= 15 is 0 Å². The maximum Gasteiger partial charge on any atom is 0.146 e. The molecule has 5 nitrogen and oxygen atoms in total. The summed E-state index contributed by atoms with van der Waals surface area (Å²) in [6.45, 7) is 5.03. The topological polar surface area (TPSA) is 46.0 Å². The van der Waals surface area contributed by atoms with E-state index in [4.69, 9.17) is 0 Å². The number of nitrogens with zero attached hydrogens (tertiary/aromatic N) is 4. The van der Waals surface area contributed by atoms with Crippen LogP contribution in [0.2, 0.25) is 0 Å².